The van der Waals surface area contributed by atoms with Crippen LogP contribution in [0.4, 0.5) is 0 Å². The standard InChI is InChI=1S/C24H17N7O/c1-2-5-15(6-3-1)14-32-18-9-16(11-25-13-18)17-10-19-21(30-31-22(19)27-12-17)24-28-20-7-4-8-26-23(20)29-24/h1-13H,14H2,(H,26,28,29)(H,27,30,31). The van der Waals surface area contributed by atoms with Crippen molar-refractivity contribution in [2.24, 2.45) is 0 Å². The van der Waals surface area contributed by atoms with Gasteiger partial charge < -0.3 is 9.72 Å². The van der Waals surface area contributed by atoms with Crippen LogP contribution in [0.1, 0.15) is 5.56 Å². The first-order chi connectivity index (χ1) is 15.8. The highest BCUT2D eigenvalue weighted by molar-refractivity contribution is 5.93. The fourth-order valence-corrected chi connectivity index (χ4v) is 3.60. The van der Waals surface area contributed by atoms with Gasteiger partial charge in [-0.05, 0) is 29.8 Å². The minimum atomic E-state index is 0.481. The van der Waals surface area contributed by atoms with Crippen LogP contribution in [0.25, 0.3) is 44.8 Å². The van der Waals surface area contributed by atoms with Crippen LogP contribution in [-0.4, -0.2) is 35.1 Å². The monoisotopic (exact) mass is 419 g/mol. The molecule has 5 aromatic heterocycles. The van der Waals surface area contributed by atoms with Gasteiger partial charge in [-0.3, -0.25) is 10.1 Å². The fraction of sp³-hybridized carbons (Fsp3) is 0.0417. The third-order valence-corrected chi connectivity index (χ3v) is 5.20. The Labute approximate surface area is 182 Å². The molecule has 0 amide bonds. The highest BCUT2D eigenvalue weighted by Crippen LogP contribution is 2.29. The van der Waals surface area contributed by atoms with Crippen molar-refractivity contribution in [3.63, 3.8) is 0 Å². The van der Waals surface area contributed by atoms with E-state index in [1.54, 1.807) is 24.8 Å². The molecule has 0 saturated carbocycles. The van der Waals surface area contributed by atoms with E-state index in [0.29, 0.717) is 29.5 Å². The number of hydrogen-bond acceptors (Lipinski definition) is 6. The Morgan fingerprint density at radius 2 is 1.75 bits per heavy atom. The van der Waals surface area contributed by atoms with Crippen LogP contribution in [-0.2, 0) is 6.61 Å². The van der Waals surface area contributed by atoms with E-state index < -0.39 is 0 Å². The van der Waals surface area contributed by atoms with E-state index in [1.807, 2.05) is 54.6 Å². The molecule has 0 radical (unpaired) electrons. The average molecular weight is 419 g/mol. The smallest absolute Gasteiger partial charge is 0.181 e. The summed E-state index contributed by atoms with van der Waals surface area (Å²) in [5, 5.41) is 8.23. The third kappa shape index (κ3) is 3.33. The molecule has 0 saturated heterocycles. The molecule has 8 nitrogen and oxygen atoms in total. The predicted octanol–water partition coefficient (Wildman–Crippen LogP) is 4.54. The number of ether oxygens (including phenoxy) is 1. The van der Waals surface area contributed by atoms with Gasteiger partial charge in [0.05, 0.1) is 17.1 Å². The number of nitrogens with zero attached hydrogens (tertiary/aromatic N) is 5. The van der Waals surface area contributed by atoms with Gasteiger partial charge in [0.2, 0.25) is 0 Å². The topological polar surface area (TPSA) is 105 Å². The number of fused-ring (bicyclic) bond motifs is 2. The molecule has 32 heavy (non-hydrogen) atoms. The lowest BCUT2D eigenvalue weighted by Gasteiger charge is -2.08. The van der Waals surface area contributed by atoms with Crippen molar-refractivity contribution in [3.8, 4) is 28.4 Å². The maximum atomic E-state index is 5.93. The van der Waals surface area contributed by atoms with Gasteiger partial charge in [-0.15, -0.1) is 0 Å². The highest BCUT2D eigenvalue weighted by atomic mass is 16.5. The summed E-state index contributed by atoms with van der Waals surface area (Å²) in [5.41, 5.74) is 5.81. The van der Waals surface area contributed by atoms with E-state index >= 15 is 0 Å². The number of pyridine rings is 3. The second kappa shape index (κ2) is 7.59. The van der Waals surface area contributed by atoms with Crippen molar-refractivity contribution < 1.29 is 4.74 Å². The summed E-state index contributed by atoms with van der Waals surface area (Å²) in [7, 11) is 0. The molecule has 0 unspecified atom stereocenters. The summed E-state index contributed by atoms with van der Waals surface area (Å²) >= 11 is 0. The van der Waals surface area contributed by atoms with E-state index in [0.717, 1.165) is 33.3 Å². The first-order valence-corrected chi connectivity index (χ1v) is 10.1. The second-order valence-corrected chi connectivity index (χ2v) is 7.34. The zero-order chi connectivity index (χ0) is 21.3. The molecule has 154 valence electrons. The van der Waals surface area contributed by atoms with Gasteiger partial charge in [0.25, 0.3) is 0 Å². The molecule has 5 heterocycles. The number of imidazole rings is 1. The quantitative estimate of drug-likeness (QED) is 0.425. The molecule has 0 bridgehead atoms. The van der Waals surface area contributed by atoms with Crippen molar-refractivity contribution >= 4 is 22.2 Å². The van der Waals surface area contributed by atoms with Crippen LogP contribution in [0.3, 0.4) is 0 Å². The lowest BCUT2D eigenvalue weighted by Crippen LogP contribution is -1.96. The van der Waals surface area contributed by atoms with Crippen LogP contribution in [0.15, 0.2) is 79.4 Å². The number of rotatable bonds is 5. The number of benzene rings is 1. The molecule has 0 aliphatic rings. The van der Waals surface area contributed by atoms with Crippen LogP contribution < -0.4 is 4.74 Å². The SMILES string of the molecule is c1ccc(COc2cncc(-c3cnc4n[nH]c(-c5nc6ncccc6[nH]5)c4c3)c2)cc1. The summed E-state index contributed by atoms with van der Waals surface area (Å²) in [6.07, 6.45) is 7.01. The van der Waals surface area contributed by atoms with Gasteiger partial charge in [-0.2, -0.15) is 5.10 Å². The molecule has 8 heteroatoms. The molecule has 2 N–H and O–H groups in total. The third-order valence-electron chi connectivity index (χ3n) is 5.20. The largest absolute Gasteiger partial charge is 0.487 e. The van der Waals surface area contributed by atoms with Gasteiger partial charge >= 0.3 is 0 Å². The summed E-state index contributed by atoms with van der Waals surface area (Å²) in [4.78, 5) is 21.0. The van der Waals surface area contributed by atoms with Gasteiger partial charge in [0.1, 0.15) is 18.1 Å². The zero-order valence-corrected chi connectivity index (χ0v) is 16.9. The predicted molar refractivity (Wildman–Crippen MR) is 121 cm³/mol. The number of nitrogens with one attached hydrogen (secondary N) is 2. The molecular weight excluding hydrogens is 402 g/mol. The molecule has 1 aromatic carbocycles. The summed E-state index contributed by atoms with van der Waals surface area (Å²) < 4.78 is 5.93. The van der Waals surface area contributed by atoms with Crippen LogP contribution >= 0.6 is 0 Å². The average Bonchev–Trinajstić information content (AvgIpc) is 3.47. The molecule has 0 aliphatic carbocycles. The molecule has 0 fully saturated rings. The first kappa shape index (κ1) is 18.2. The number of aromatic nitrogens is 7. The van der Waals surface area contributed by atoms with Gasteiger partial charge in [0, 0.05) is 29.7 Å². The normalized spacial score (nSPS) is 11.2. The molecule has 6 aromatic rings. The second-order valence-electron chi connectivity index (χ2n) is 7.34. The fourth-order valence-electron chi connectivity index (χ4n) is 3.60. The number of aromatic amines is 2. The number of H-pyrrole nitrogens is 2. The maximum absolute atomic E-state index is 5.93. The number of hydrogen-bond donors (Lipinski definition) is 2. The molecule has 0 atom stereocenters. The highest BCUT2D eigenvalue weighted by Gasteiger charge is 2.14. The lowest BCUT2D eigenvalue weighted by molar-refractivity contribution is 0.305. The van der Waals surface area contributed by atoms with Gasteiger partial charge in [0.15, 0.2) is 17.1 Å². The Hall–Kier alpha value is -4.59. The van der Waals surface area contributed by atoms with Gasteiger partial charge in [-0.1, -0.05) is 30.3 Å². The van der Waals surface area contributed by atoms with Gasteiger partial charge in [-0.25, -0.2) is 15.0 Å². The Morgan fingerprint density at radius 1 is 0.844 bits per heavy atom. The van der Waals surface area contributed by atoms with E-state index in [1.165, 1.54) is 0 Å². The Morgan fingerprint density at radius 3 is 2.66 bits per heavy atom. The van der Waals surface area contributed by atoms with Crippen molar-refractivity contribution in [1.82, 2.24) is 35.1 Å². The Balaban J connectivity index is 1.34. The zero-order valence-electron chi connectivity index (χ0n) is 16.9. The molecule has 0 spiro atoms. The van der Waals surface area contributed by atoms with Crippen molar-refractivity contribution in [2.75, 3.05) is 0 Å². The minimum absolute atomic E-state index is 0.481. The lowest BCUT2D eigenvalue weighted by atomic mass is 10.1. The van der Waals surface area contributed by atoms with Crippen LogP contribution in [0.2, 0.25) is 0 Å². The summed E-state index contributed by atoms with van der Waals surface area (Å²) in [6.45, 7) is 0.481. The van der Waals surface area contributed by atoms with Crippen molar-refractivity contribution in [1.29, 1.82) is 0 Å². The summed E-state index contributed by atoms with van der Waals surface area (Å²) in [5.74, 6) is 1.36. The minimum Gasteiger partial charge on any atom is -0.487 e. The van der Waals surface area contributed by atoms with E-state index in [9.17, 15) is 0 Å². The van der Waals surface area contributed by atoms with E-state index in [-0.39, 0.29) is 0 Å². The van der Waals surface area contributed by atoms with Crippen molar-refractivity contribution in [2.45, 2.75) is 6.61 Å². The first-order valence-electron chi connectivity index (χ1n) is 10.1. The molecular formula is C24H17N7O. The Bertz CT molecular complexity index is 1510. The summed E-state index contributed by atoms with van der Waals surface area (Å²) in [6, 6.07) is 17.8. The Kier molecular flexibility index (Phi) is 4.31. The molecule has 0 aliphatic heterocycles. The van der Waals surface area contributed by atoms with E-state index in [2.05, 4.69) is 35.1 Å². The molecule has 6 rings (SSSR count). The van der Waals surface area contributed by atoms with Crippen LogP contribution in [0.5, 0.6) is 5.75 Å². The maximum Gasteiger partial charge on any atom is 0.181 e. The van der Waals surface area contributed by atoms with Crippen LogP contribution in [0, 0.1) is 0 Å². The van der Waals surface area contributed by atoms with Crippen molar-refractivity contribution in [3.05, 3.63) is 84.9 Å². The van der Waals surface area contributed by atoms with E-state index in [4.69, 9.17) is 4.74 Å².